The van der Waals surface area contributed by atoms with Crippen molar-refractivity contribution in [3.8, 4) is 0 Å². The van der Waals surface area contributed by atoms with Crippen LogP contribution in [0.4, 0.5) is 0 Å². The maximum absolute atomic E-state index is 5.28. The van der Waals surface area contributed by atoms with E-state index in [9.17, 15) is 0 Å². The van der Waals surface area contributed by atoms with Crippen LogP contribution >= 0.6 is 0 Å². The van der Waals surface area contributed by atoms with E-state index < -0.39 is 0 Å². The molecule has 0 radical (unpaired) electrons. The lowest BCUT2D eigenvalue weighted by atomic mass is 9.73. The van der Waals surface area contributed by atoms with Gasteiger partial charge in [0.25, 0.3) is 0 Å². The number of hydrogen-bond donors (Lipinski definition) is 1. The van der Waals surface area contributed by atoms with E-state index in [0.29, 0.717) is 17.3 Å². The molecule has 0 aliphatic rings. The molecule has 0 rings (SSSR count). The third-order valence-corrected chi connectivity index (χ3v) is 3.08. The van der Waals surface area contributed by atoms with Crippen molar-refractivity contribution < 1.29 is 4.74 Å². The molecule has 1 N–H and O–H groups in total. The molecule has 0 spiro atoms. The molecular formula is C14H31NO. The number of ether oxygens (including phenoxy) is 1. The van der Waals surface area contributed by atoms with Crippen LogP contribution in [0.5, 0.6) is 0 Å². The monoisotopic (exact) mass is 229 g/mol. The molecular weight excluding hydrogens is 198 g/mol. The summed E-state index contributed by atoms with van der Waals surface area (Å²) in [6.45, 7) is 17.8. The van der Waals surface area contributed by atoms with E-state index in [2.05, 4.69) is 53.8 Å². The standard InChI is InChI=1S/C14H31NO/c1-11(10-16-8)12(13(2,3)4)9-15-14(5,6)7/h11-12,15H,9-10H2,1-8H3. The maximum atomic E-state index is 5.28. The van der Waals surface area contributed by atoms with Crippen LogP contribution < -0.4 is 5.32 Å². The van der Waals surface area contributed by atoms with Crippen molar-refractivity contribution in [1.29, 1.82) is 0 Å². The van der Waals surface area contributed by atoms with E-state index in [0.717, 1.165) is 13.2 Å². The number of hydrogen-bond acceptors (Lipinski definition) is 2. The molecule has 2 heteroatoms. The van der Waals surface area contributed by atoms with Gasteiger partial charge >= 0.3 is 0 Å². The molecule has 0 aliphatic heterocycles. The van der Waals surface area contributed by atoms with Crippen LogP contribution in [-0.2, 0) is 4.74 Å². The van der Waals surface area contributed by atoms with Crippen LogP contribution in [0.2, 0.25) is 0 Å². The van der Waals surface area contributed by atoms with Crippen LogP contribution in [0.25, 0.3) is 0 Å². The molecule has 0 aromatic rings. The Labute approximate surface area is 102 Å². The van der Waals surface area contributed by atoms with E-state index in [1.807, 2.05) is 0 Å². The van der Waals surface area contributed by atoms with Gasteiger partial charge in [0.15, 0.2) is 0 Å². The van der Waals surface area contributed by atoms with Crippen molar-refractivity contribution in [2.75, 3.05) is 20.3 Å². The first-order valence-corrected chi connectivity index (χ1v) is 6.32. The quantitative estimate of drug-likeness (QED) is 0.781. The third-order valence-electron chi connectivity index (χ3n) is 3.08. The van der Waals surface area contributed by atoms with Crippen molar-refractivity contribution in [3.63, 3.8) is 0 Å². The van der Waals surface area contributed by atoms with Crippen LogP contribution in [0.15, 0.2) is 0 Å². The predicted molar refractivity (Wildman–Crippen MR) is 71.7 cm³/mol. The molecule has 0 bridgehead atoms. The molecule has 0 amide bonds. The maximum Gasteiger partial charge on any atom is 0.0491 e. The molecule has 2 nitrogen and oxygen atoms in total. The number of nitrogens with one attached hydrogen (secondary N) is 1. The summed E-state index contributed by atoms with van der Waals surface area (Å²) < 4.78 is 5.28. The molecule has 0 aliphatic carbocycles. The van der Waals surface area contributed by atoms with E-state index in [-0.39, 0.29) is 5.54 Å². The molecule has 0 heterocycles. The summed E-state index contributed by atoms with van der Waals surface area (Å²) in [5, 5.41) is 3.61. The average Bonchev–Trinajstić information content (AvgIpc) is 1.99. The third kappa shape index (κ3) is 6.49. The molecule has 0 saturated heterocycles. The number of methoxy groups -OCH3 is 1. The molecule has 98 valence electrons. The van der Waals surface area contributed by atoms with Gasteiger partial charge < -0.3 is 10.1 Å². The summed E-state index contributed by atoms with van der Waals surface area (Å²) in [4.78, 5) is 0. The lowest BCUT2D eigenvalue weighted by Crippen LogP contribution is -2.44. The first-order chi connectivity index (χ1) is 7.08. The minimum absolute atomic E-state index is 0.191. The summed E-state index contributed by atoms with van der Waals surface area (Å²) in [5.74, 6) is 1.21. The Kier molecular flexibility index (Phi) is 5.99. The van der Waals surface area contributed by atoms with Crippen LogP contribution in [0.1, 0.15) is 48.5 Å². The molecule has 2 atom stereocenters. The largest absolute Gasteiger partial charge is 0.384 e. The van der Waals surface area contributed by atoms with Crippen molar-refractivity contribution in [1.82, 2.24) is 5.32 Å². The summed E-state index contributed by atoms with van der Waals surface area (Å²) in [7, 11) is 1.79. The summed E-state index contributed by atoms with van der Waals surface area (Å²) in [6.07, 6.45) is 0. The SMILES string of the molecule is COCC(C)C(CNC(C)(C)C)C(C)(C)C. The van der Waals surface area contributed by atoms with E-state index >= 15 is 0 Å². The Morgan fingerprint density at radius 3 is 1.88 bits per heavy atom. The van der Waals surface area contributed by atoms with Gasteiger partial charge in [-0.3, -0.25) is 0 Å². The van der Waals surface area contributed by atoms with Gasteiger partial charge in [-0.05, 0) is 44.6 Å². The Morgan fingerprint density at radius 1 is 1.06 bits per heavy atom. The van der Waals surface area contributed by atoms with E-state index in [4.69, 9.17) is 4.74 Å². The van der Waals surface area contributed by atoms with Gasteiger partial charge in [-0.25, -0.2) is 0 Å². The summed E-state index contributed by atoms with van der Waals surface area (Å²) in [6, 6.07) is 0. The zero-order valence-corrected chi connectivity index (χ0v) is 12.5. The van der Waals surface area contributed by atoms with Crippen molar-refractivity contribution >= 4 is 0 Å². The summed E-state index contributed by atoms with van der Waals surface area (Å²) >= 11 is 0. The lowest BCUT2D eigenvalue weighted by Gasteiger charge is -2.37. The second kappa shape index (κ2) is 6.02. The fraction of sp³-hybridized carbons (Fsp3) is 1.00. The molecule has 0 saturated carbocycles. The zero-order chi connectivity index (χ0) is 13.0. The van der Waals surface area contributed by atoms with Crippen LogP contribution in [-0.4, -0.2) is 25.8 Å². The van der Waals surface area contributed by atoms with Gasteiger partial charge in [0, 0.05) is 19.3 Å². The van der Waals surface area contributed by atoms with Crippen molar-refractivity contribution in [2.24, 2.45) is 17.3 Å². The van der Waals surface area contributed by atoms with E-state index in [1.165, 1.54) is 0 Å². The second-order valence-electron chi connectivity index (χ2n) is 7.04. The predicted octanol–water partition coefficient (Wildman–Crippen LogP) is 3.32. The molecule has 2 unspecified atom stereocenters. The van der Waals surface area contributed by atoms with Crippen molar-refractivity contribution in [3.05, 3.63) is 0 Å². The highest BCUT2D eigenvalue weighted by Crippen LogP contribution is 2.32. The second-order valence-corrected chi connectivity index (χ2v) is 7.04. The number of rotatable bonds is 5. The van der Waals surface area contributed by atoms with Crippen LogP contribution in [0.3, 0.4) is 0 Å². The van der Waals surface area contributed by atoms with Crippen molar-refractivity contribution in [2.45, 2.75) is 54.0 Å². The molecule has 16 heavy (non-hydrogen) atoms. The highest BCUT2D eigenvalue weighted by molar-refractivity contribution is 4.83. The zero-order valence-electron chi connectivity index (χ0n) is 12.5. The first kappa shape index (κ1) is 15.9. The topological polar surface area (TPSA) is 21.3 Å². The summed E-state index contributed by atoms with van der Waals surface area (Å²) in [5.41, 5.74) is 0.506. The normalized spacial score (nSPS) is 17.2. The Morgan fingerprint density at radius 2 is 1.56 bits per heavy atom. The van der Waals surface area contributed by atoms with Gasteiger partial charge in [-0.15, -0.1) is 0 Å². The van der Waals surface area contributed by atoms with Gasteiger partial charge in [0.2, 0.25) is 0 Å². The molecule has 0 aromatic carbocycles. The highest BCUT2D eigenvalue weighted by atomic mass is 16.5. The fourth-order valence-electron chi connectivity index (χ4n) is 2.16. The molecule has 0 aromatic heterocycles. The van der Waals surface area contributed by atoms with Gasteiger partial charge in [-0.2, -0.15) is 0 Å². The van der Waals surface area contributed by atoms with Gasteiger partial charge in [0.1, 0.15) is 0 Å². The highest BCUT2D eigenvalue weighted by Gasteiger charge is 2.30. The Hall–Kier alpha value is -0.0800. The minimum Gasteiger partial charge on any atom is -0.384 e. The Balaban J connectivity index is 4.45. The van der Waals surface area contributed by atoms with Gasteiger partial charge in [0.05, 0.1) is 0 Å². The average molecular weight is 229 g/mol. The van der Waals surface area contributed by atoms with Crippen LogP contribution in [0, 0.1) is 17.3 Å². The first-order valence-electron chi connectivity index (χ1n) is 6.32. The van der Waals surface area contributed by atoms with Gasteiger partial charge in [-0.1, -0.05) is 27.7 Å². The lowest BCUT2D eigenvalue weighted by molar-refractivity contribution is 0.0758. The fourth-order valence-corrected chi connectivity index (χ4v) is 2.16. The smallest absolute Gasteiger partial charge is 0.0491 e. The minimum atomic E-state index is 0.191. The molecule has 0 fully saturated rings. The van der Waals surface area contributed by atoms with E-state index in [1.54, 1.807) is 7.11 Å². The Bertz CT molecular complexity index is 188.